The van der Waals surface area contributed by atoms with E-state index in [0.29, 0.717) is 38.3 Å². The second-order valence-corrected chi connectivity index (χ2v) is 9.28. The largest absolute Gasteiger partial charge is 0.494 e. The SMILES string of the molecule is O=C(/C=C\c1ccco1)NCC(=O)N1CCC2(CCN(C(=O)CCCOc3ccccc3)CC2)C1. The number of piperidine rings is 1. The van der Waals surface area contributed by atoms with Crippen molar-refractivity contribution < 1.29 is 23.5 Å². The number of para-hydroxylation sites is 1. The Kier molecular flexibility index (Phi) is 8.23. The van der Waals surface area contributed by atoms with Gasteiger partial charge in [-0.2, -0.15) is 0 Å². The predicted octanol–water partition coefficient (Wildman–Crippen LogP) is 3.11. The Morgan fingerprint density at radius 3 is 2.43 bits per heavy atom. The van der Waals surface area contributed by atoms with Crippen LogP contribution in [0.25, 0.3) is 6.08 Å². The first kappa shape index (κ1) is 24.6. The molecule has 8 nitrogen and oxygen atoms in total. The van der Waals surface area contributed by atoms with Gasteiger partial charge in [0.25, 0.3) is 0 Å². The Morgan fingerprint density at radius 2 is 1.71 bits per heavy atom. The first-order valence-electron chi connectivity index (χ1n) is 12.3. The molecule has 3 heterocycles. The number of benzene rings is 1. The molecule has 0 aliphatic carbocycles. The number of furan rings is 1. The van der Waals surface area contributed by atoms with Crippen molar-refractivity contribution in [1.29, 1.82) is 0 Å². The number of carbonyl (C=O) groups is 3. The number of amides is 3. The average Bonchev–Trinajstić information content (AvgIpc) is 3.55. The molecule has 1 spiro atoms. The van der Waals surface area contributed by atoms with Gasteiger partial charge in [-0.25, -0.2) is 0 Å². The number of hydrogen-bond acceptors (Lipinski definition) is 5. The number of carbonyl (C=O) groups excluding carboxylic acids is 3. The maximum Gasteiger partial charge on any atom is 0.244 e. The standard InChI is InChI=1S/C27H33N3O5/c31-24(11-10-23-8-4-18-35-23)28-20-26(33)30-17-14-27(21-30)12-15-29(16-13-27)25(32)9-5-19-34-22-6-2-1-3-7-22/h1-4,6-8,10-11,18H,5,9,12-17,19-21H2,(H,28,31)/b11-10-. The molecule has 2 aliphatic rings. The first-order valence-corrected chi connectivity index (χ1v) is 12.3. The molecule has 0 radical (unpaired) electrons. The van der Waals surface area contributed by atoms with Crippen LogP contribution in [0.1, 0.15) is 37.9 Å². The average molecular weight is 480 g/mol. The fourth-order valence-electron chi connectivity index (χ4n) is 4.75. The third kappa shape index (κ3) is 6.97. The van der Waals surface area contributed by atoms with Gasteiger partial charge in [0, 0.05) is 38.7 Å². The minimum absolute atomic E-state index is 0.0208. The van der Waals surface area contributed by atoms with Crippen molar-refractivity contribution >= 4 is 23.8 Å². The zero-order valence-corrected chi connectivity index (χ0v) is 20.0. The highest BCUT2D eigenvalue weighted by Crippen LogP contribution is 2.40. The van der Waals surface area contributed by atoms with Crippen LogP contribution in [0.2, 0.25) is 0 Å². The molecule has 2 aliphatic heterocycles. The number of hydrogen-bond donors (Lipinski definition) is 1. The van der Waals surface area contributed by atoms with Gasteiger partial charge in [-0.05, 0) is 61.4 Å². The number of nitrogens with zero attached hydrogens (tertiary/aromatic N) is 2. The summed E-state index contributed by atoms with van der Waals surface area (Å²) < 4.78 is 10.8. The summed E-state index contributed by atoms with van der Waals surface area (Å²) in [7, 11) is 0. The molecule has 2 saturated heterocycles. The molecule has 0 saturated carbocycles. The van der Waals surface area contributed by atoms with Gasteiger partial charge in [0.1, 0.15) is 11.5 Å². The summed E-state index contributed by atoms with van der Waals surface area (Å²) in [6, 6.07) is 13.1. The van der Waals surface area contributed by atoms with E-state index in [1.807, 2.05) is 40.1 Å². The van der Waals surface area contributed by atoms with Crippen molar-refractivity contribution in [3.63, 3.8) is 0 Å². The van der Waals surface area contributed by atoms with Crippen LogP contribution in [0.5, 0.6) is 5.75 Å². The minimum atomic E-state index is -0.329. The van der Waals surface area contributed by atoms with Crippen LogP contribution in [-0.2, 0) is 14.4 Å². The number of likely N-dealkylation sites (tertiary alicyclic amines) is 2. The van der Waals surface area contributed by atoms with Gasteiger partial charge in [0.15, 0.2) is 0 Å². The fraction of sp³-hybridized carbons (Fsp3) is 0.444. The van der Waals surface area contributed by atoms with E-state index in [9.17, 15) is 14.4 Å². The number of rotatable bonds is 9. The van der Waals surface area contributed by atoms with Crippen LogP contribution in [0.15, 0.2) is 59.2 Å². The van der Waals surface area contributed by atoms with Crippen LogP contribution >= 0.6 is 0 Å². The summed E-state index contributed by atoms with van der Waals surface area (Å²) in [6.07, 6.45) is 8.39. The lowest BCUT2D eigenvalue weighted by Crippen LogP contribution is -2.45. The molecule has 2 aromatic rings. The molecule has 8 heteroatoms. The van der Waals surface area contributed by atoms with Gasteiger partial charge >= 0.3 is 0 Å². The molecule has 2 fully saturated rings. The van der Waals surface area contributed by atoms with E-state index in [-0.39, 0.29) is 29.7 Å². The molecule has 0 atom stereocenters. The van der Waals surface area contributed by atoms with Gasteiger partial charge in [0.2, 0.25) is 17.7 Å². The lowest BCUT2D eigenvalue weighted by molar-refractivity contribution is -0.134. The Morgan fingerprint density at radius 1 is 0.971 bits per heavy atom. The third-order valence-corrected chi connectivity index (χ3v) is 6.87. The van der Waals surface area contributed by atoms with Gasteiger partial charge < -0.3 is 24.3 Å². The molecule has 35 heavy (non-hydrogen) atoms. The lowest BCUT2D eigenvalue weighted by atomic mass is 9.77. The van der Waals surface area contributed by atoms with Crippen molar-refractivity contribution in [3.05, 3.63) is 60.6 Å². The summed E-state index contributed by atoms with van der Waals surface area (Å²) in [5.41, 5.74) is 0.0755. The van der Waals surface area contributed by atoms with Crippen molar-refractivity contribution in [1.82, 2.24) is 15.1 Å². The molecule has 1 N–H and O–H groups in total. The van der Waals surface area contributed by atoms with Crippen molar-refractivity contribution in [2.24, 2.45) is 5.41 Å². The Balaban J connectivity index is 1.13. The fourth-order valence-corrected chi connectivity index (χ4v) is 4.75. The summed E-state index contributed by atoms with van der Waals surface area (Å²) in [5, 5.41) is 2.65. The minimum Gasteiger partial charge on any atom is -0.494 e. The summed E-state index contributed by atoms with van der Waals surface area (Å²) >= 11 is 0. The maximum atomic E-state index is 12.6. The molecule has 3 amide bonds. The highest BCUT2D eigenvalue weighted by Gasteiger charge is 2.42. The summed E-state index contributed by atoms with van der Waals surface area (Å²) in [5.74, 6) is 1.18. The van der Waals surface area contributed by atoms with E-state index in [1.54, 1.807) is 18.2 Å². The highest BCUT2D eigenvalue weighted by atomic mass is 16.5. The highest BCUT2D eigenvalue weighted by molar-refractivity contribution is 5.94. The zero-order chi connectivity index (χ0) is 24.5. The normalized spacial score (nSPS) is 17.1. The third-order valence-electron chi connectivity index (χ3n) is 6.87. The predicted molar refractivity (Wildman–Crippen MR) is 131 cm³/mol. The summed E-state index contributed by atoms with van der Waals surface area (Å²) in [4.78, 5) is 41.0. The second-order valence-electron chi connectivity index (χ2n) is 9.28. The van der Waals surface area contributed by atoms with Crippen LogP contribution in [0.4, 0.5) is 0 Å². The van der Waals surface area contributed by atoms with Crippen LogP contribution in [0, 0.1) is 5.41 Å². The van der Waals surface area contributed by atoms with Crippen LogP contribution in [0.3, 0.4) is 0 Å². The van der Waals surface area contributed by atoms with Gasteiger partial charge in [-0.1, -0.05) is 18.2 Å². The second kappa shape index (κ2) is 11.7. The smallest absolute Gasteiger partial charge is 0.244 e. The molecule has 4 rings (SSSR count). The maximum absolute atomic E-state index is 12.6. The number of nitrogens with one attached hydrogen (secondary N) is 1. The molecule has 0 unspecified atom stereocenters. The Hall–Kier alpha value is -3.55. The molecular weight excluding hydrogens is 446 g/mol. The molecule has 186 valence electrons. The zero-order valence-electron chi connectivity index (χ0n) is 20.0. The van der Waals surface area contributed by atoms with Crippen LogP contribution < -0.4 is 10.1 Å². The first-order chi connectivity index (χ1) is 17.0. The van der Waals surface area contributed by atoms with Crippen molar-refractivity contribution in [2.45, 2.75) is 32.1 Å². The topological polar surface area (TPSA) is 92.1 Å². The van der Waals surface area contributed by atoms with Gasteiger partial charge in [-0.3, -0.25) is 14.4 Å². The van der Waals surface area contributed by atoms with E-state index in [2.05, 4.69) is 5.32 Å². The van der Waals surface area contributed by atoms with E-state index in [0.717, 1.165) is 38.1 Å². The Labute approximate surface area is 205 Å². The molecule has 1 aromatic heterocycles. The molecule has 1 aromatic carbocycles. The van der Waals surface area contributed by atoms with E-state index in [4.69, 9.17) is 9.15 Å². The Bertz CT molecular complexity index is 1010. The van der Waals surface area contributed by atoms with E-state index >= 15 is 0 Å². The van der Waals surface area contributed by atoms with E-state index < -0.39 is 0 Å². The number of ether oxygens (including phenoxy) is 1. The van der Waals surface area contributed by atoms with Crippen molar-refractivity contribution in [2.75, 3.05) is 39.3 Å². The lowest BCUT2D eigenvalue weighted by Gasteiger charge is -2.39. The van der Waals surface area contributed by atoms with Gasteiger partial charge in [0.05, 0.1) is 19.4 Å². The van der Waals surface area contributed by atoms with E-state index in [1.165, 1.54) is 12.3 Å². The molecule has 0 bridgehead atoms. The molecular formula is C27H33N3O5. The van der Waals surface area contributed by atoms with Crippen molar-refractivity contribution in [3.8, 4) is 5.75 Å². The van der Waals surface area contributed by atoms with Gasteiger partial charge in [-0.15, -0.1) is 0 Å². The monoisotopic (exact) mass is 479 g/mol. The van der Waals surface area contributed by atoms with Crippen LogP contribution in [-0.4, -0.2) is 66.9 Å². The summed E-state index contributed by atoms with van der Waals surface area (Å²) in [6.45, 7) is 3.36. The quantitative estimate of drug-likeness (QED) is 0.441.